The standard InChI is InChI=1S/C19H19ClN6O3/c1-11(15-5-4-10-21-17(15)20)29-19(28)23-18-16(24-25-26(18)3)13-6-8-14(9-7-13)22-12(2)27/h4-11H,1-3H3,(H,22,27)(H,23,28)/t11-/m1/s1. The van der Waals surface area contributed by atoms with Crippen molar-refractivity contribution in [2.75, 3.05) is 10.6 Å². The summed E-state index contributed by atoms with van der Waals surface area (Å²) in [5.74, 6) is 0.206. The van der Waals surface area contributed by atoms with Crippen LogP contribution in [0, 0.1) is 0 Å². The molecule has 150 valence electrons. The third-order valence-electron chi connectivity index (χ3n) is 4.04. The van der Waals surface area contributed by atoms with Crippen LogP contribution >= 0.6 is 11.6 Å². The highest BCUT2D eigenvalue weighted by atomic mass is 35.5. The molecule has 0 radical (unpaired) electrons. The lowest BCUT2D eigenvalue weighted by Gasteiger charge is -2.15. The Morgan fingerprint density at radius 3 is 2.55 bits per heavy atom. The predicted octanol–water partition coefficient (Wildman–Crippen LogP) is 3.80. The number of amides is 2. The third-order valence-corrected chi connectivity index (χ3v) is 4.35. The zero-order chi connectivity index (χ0) is 21.0. The molecule has 0 spiro atoms. The van der Waals surface area contributed by atoms with Crippen LogP contribution in [0.2, 0.25) is 5.15 Å². The molecule has 2 aromatic heterocycles. The van der Waals surface area contributed by atoms with Crippen LogP contribution in [-0.4, -0.2) is 32.0 Å². The number of halogens is 1. The fourth-order valence-electron chi connectivity index (χ4n) is 2.66. The molecule has 0 saturated carbocycles. The zero-order valence-electron chi connectivity index (χ0n) is 16.0. The molecule has 2 heterocycles. The highest BCUT2D eigenvalue weighted by Crippen LogP contribution is 2.28. The number of carbonyl (C=O) groups excluding carboxylic acids is 2. The normalized spacial score (nSPS) is 11.6. The Morgan fingerprint density at radius 1 is 1.17 bits per heavy atom. The number of pyridine rings is 1. The second-order valence-electron chi connectivity index (χ2n) is 6.22. The lowest BCUT2D eigenvalue weighted by Crippen LogP contribution is -2.18. The number of ether oxygens (including phenoxy) is 1. The van der Waals surface area contributed by atoms with Gasteiger partial charge in [0, 0.05) is 37.0 Å². The number of hydrogen-bond donors (Lipinski definition) is 2. The molecular formula is C19H19ClN6O3. The molecule has 2 amide bonds. The number of benzene rings is 1. The molecule has 1 aromatic carbocycles. The van der Waals surface area contributed by atoms with Gasteiger partial charge in [-0.15, -0.1) is 5.10 Å². The van der Waals surface area contributed by atoms with Gasteiger partial charge in [-0.2, -0.15) is 0 Å². The predicted molar refractivity (Wildman–Crippen MR) is 109 cm³/mol. The van der Waals surface area contributed by atoms with Gasteiger partial charge in [0.1, 0.15) is 17.0 Å². The Balaban J connectivity index is 1.75. The molecule has 2 N–H and O–H groups in total. The summed E-state index contributed by atoms with van der Waals surface area (Å²) in [7, 11) is 1.65. The molecule has 0 bridgehead atoms. The summed E-state index contributed by atoms with van der Waals surface area (Å²) in [5, 5.41) is 13.7. The quantitative estimate of drug-likeness (QED) is 0.614. The van der Waals surface area contributed by atoms with Crippen LogP contribution in [0.1, 0.15) is 25.5 Å². The fraction of sp³-hybridized carbons (Fsp3) is 0.211. The van der Waals surface area contributed by atoms with E-state index in [1.807, 2.05) is 0 Å². The number of nitrogens with zero attached hydrogens (tertiary/aromatic N) is 4. The van der Waals surface area contributed by atoms with E-state index in [2.05, 4.69) is 25.9 Å². The van der Waals surface area contributed by atoms with Gasteiger partial charge in [-0.3, -0.25) is 10.1 Å². The topological polar surface area (TPSA) is 111 Å². The number of carbonyl (C=O) groups is 2. The minimum atomic E-state index is -0.682. The molecule has 3 aromatic rings. The summed E-state index contributed by atoms with van der Waals surface area (Å²) >= 11 is 6.05. The molecule has 29 heavy (non-hydrogen) atoms. The maximum atomic E-state index is 12.4. The van der Waals surface area contributed by atoms with Gasteiger partial charge in [0.25, 0.3) is 0 Å². The van der Waals surface area contributed by atoms with Crippen molar-refractivity contribution < 1.29 is 14.3 Å². The van der Waals surface area contributed by atoms with Crippen molar-refractivity contribution in [3.05, 3.63) is 53.3 Å². The van der Waals surface area contributed by atoms with Crippen molar-refractivity contribution in [2.45, 2.75) is 20.0 Å². The number of aryl methyl sites for hydroxylation is 1. The van der Waals surface area contributed by atoms with Gasteiger partial charge in [0.15, 0.2) is 5.82 Å². The first-order chi connectivity index (χ1) is 13.8. The van der Waals surface area contributed by atoms with Gasteiger partial charge in [-0.05, 0) is 25.1 Å². The Morgan fingerprint density at radius 2 is 1.90 bits per heavy atom. The first-order valence-corrected chi connectivity index (χ1v) is 9.08. The van der Waals surface area contributed by atoms with Crippen molar-refractivity contribution in [2.24, 2.45) is 7.05 Å². The summed E-state index contributed by atoms with van der Waals surface area (Å²) in [6.45, 7) is 3.13. The van der Waals surface area contributed by atoms with Gasteiger partial charge in [-0.25, -0.2) is 14.5 Å². The molecule has 0 aliphatic heterocycles. The van der Waals surface area contributed by atoms with Gasteiger partial charge in [0.05, 0.1) is 0 Å². The number of nitrogens with one attached hydrogen (secondary N) is 2. The van der Waals surface area contributed by atoms with Crippen molar-refractivity contribution in [1.82, 2.24) is 20.0 Å². The molecule has 9 nitrogen and oxygen atoms in total. The van der Waals surface area contributed by atoms with Crippen LogP contribution in [0.3, 0.4) is 0 Å². The molecule has 0 aliphatic rings. The van der Waals surface area contributed by atoms with Gasteiger partial charge in [-0.1, -0.05) is 35.0 Å². The Kier molecular flexibility index (Phi) is 6.08. The maximum absolute atomic E-state index is 12.4. The van der Waals surface area contributed by atoms with Gasteiger partial charge >= 0.3 is 6.09 Å². The molecule has 0 fully saturated rings. The van der Waals surface area contributed by atoms with E-state index in [1.54, 1.807) is 56.6 Å². The van der Waals surface area contributed by atoms with Crippen LogP contribution < -0.4 is 10.6 Å². The first-order valence-electron chi connectivity index (χ1n) is 8.71. The van der Waals surface area contributed by atoms with E-state index in [0.717, 1.165) is 0 Å². The van der Waals surface area contributed by atoms with E-state index >= 15 is 0 Å². The van der Waals surface area contributed by atoms with E-state index < -0.39 is 12.2 Å². The minimum Gasteiger partial charge on any atom is -0.441 e. The molecule has 3 rings (SSSR count). The Hall–Kier alpha value is -3.46. The monoisotopic (exact) mass is 414 g/mol. The molecule has 0 unspecified atom stereocenters. The largest absolute Gasteiger partial charge is 0.441 e. The Labute approximate surface area is 172 Å². The highest BCUT2D eigenvalue weighted by Gasteiger charge is 2.19. The average molecular weight is 415 g/mol. The molecule has 0 aliphatic carbocycles. The summed E-state index contributed by atoms with van der Waals surface area (Å²) in [6.07, 6.45) is 0.278. The zero-order valence-corrected chi connectivity index (χ0v) is 16.8. The van der Waals surface area contributed by atoms with Crippen molar-refractivity contribution in [3.63, 3.8) is 0 Å². The number of aromatic nitrogens is 4. The van der Waals surface area contributed by atoms with Crippen LogP contribution in [-0.2, 0) is 16.6 Å². The van der Waals surface area contributed by atoms with E-state index in [1.165, 1.54) is 11.6 Å². The third kappa shape index (κ3) is 4.88. The molecular weight excluding hydrogens is 396 g/mol. The summed E-state index contributed by atoms with van der Waals surface area (Å²) in [4.78, 5) is 27.5. The number of anilines is 2. The Bertz CT molecular complexity index is 1030. The van der Waals surface area contributed by atoms with E-state index in [4.69, 9.17) is 16.3 Å². The van der Waals surface area contributed by atoms with E-state index in [0.29, 0.717) is 28.3 Å². The summed E-state index contributed by atoms with van der Waals surface area (Å²) < 4.78 is 6.84. The average Bonchev–Trinajstić information content (AvgIpc) is 3.02. The van der Waals surface area contributed by atoms with Gasteiger partial charge in [0.2, 0.25) is 5.91 Å². The lowest BCUT2D eigenvalue weighted by atomic mass is 10.1. The fourth-order valence-corrected chi connectivity index (χ4v) is 2.93. The lowest BCUT2D eigenvalue weighted by molar-refractivity contribution is -0.114. The van der Waals surface area contributed by atoms with Crippen molar-refractivity contribution in [1.29, 1.82) is 0 Å². The molecule has 0 saturated heterocycles. The van der Waals surface area contributed by atoms with E-state index in [9.17, 15) is 9.59 Å². The molecule has 1 atom stereocenters. The minimum absolute atomic E-state index is 0.162. The smallest absolute Gasteiger partial charge is 0.413 e. The van der Waals surface area contributed by atoms with Gasteiger partial charge < -0.3 is 10.1 Å². The first kappa shape index (κ1) is 20.3. The highest BCUT2D eigenvalue weighted by molar-refractivity contribution is 6.30. The summed E-state index contributed by atoms with van der Waals surface area (Å²) in [6, 6.07) is 10.5. The SMILES string of the molecule is CC(=O)Nc1ccc(-c2nnn(C)c2NC(=O)O[C@H](C)c2cccnc2Cl)cc1. The van der Waals surface area contributed by atoms with Crippen molar-refractivity contribution in [3.8, 4) is 11.3 Å². The molecule has 10 heteroatoms. The van der Waals surface area contributed by atoms with Crippen LogP contribution in [0.5, 0.6) is 0 Å². The number of rotatable bonds is 5. The summed E-state index contributed by atoms with van der Waals surface area (Å²) in [5.41, 5.74) is 2.43. The van der Waals surface area contributed by atoms with Crippen molar-refractivity contribution >= 4 is 35.1 Å². The van der Waals surface area contributed by atoms with Crippen LogP contribution in [0.4, 0.5) is 16.3 Å². The second kappa shape index (κ2) is 8.70. The second-order valence-corrected chi connectivity index (χ2v) is 6.58. The van der Waals surface area contributed by atoms with Crippen LogP contribution in [0.15, 0.2) is 42.6 Å². The van der Waals surface area contributed by atoms with E-state index in [-0.39, 0.29) is 11.1 Å². The number of hydrogen-bond acceptors (Lipinski definition) is 6. The van der Waals surface area contributed by atoms with Crippen LogP contribution in [0.25, 0.3) is 11.3 Å². The maximum Gasteiger partial charge on any atom is 0.413 e.